The molecule has 3 nitrogen and oxygen atoms in total. The number of terminal acetylenes is 1. The lowest BCUT2D eigenvalue weighted by Gasteiger charge is -1.99. The highest BCUT2D eigenvalue weighted by Crippen LogP contribution is 2.07. The van der Waals surface area contributed by atoms with Crippen molar-refractivity contribution >= 4 is 0 Å². The minimum atomic E-state index is 0.841. The molecule has 0 amide bonds. The fourth-order valence-electron chi connectivity index (χ4n) is 1.08. The van der Waals surface area contributed by atoms with Crippen LogP contribution in [0.25, 0.3) is 5.69 Å². The first-order chi connectivity index (χ1) is 6.40. The van der Waals surface area contributed by atoms with E-state index in [-0.39, 0.29) is 0 Å². The minimum Gasteiger partial charge on any atom is -0.223 e. The molecule has 0 saturated carbocycles. The molecule has 0 spiro atoms. The van der Waals surface area contributed by atoms with Crippen molar-refractivity contribution in [2.45, 2.75) is 0 Å². The zero-order valence-electron chi connectivity index (χ0n) is 6.88. The first-order valence-electron chi connectivity index (χ1n) is 3.82. The van der Waals surface area contributed by atoms with Gasteiger partial charge in [0.15, 0.2) is 0 Å². The fraction of sp³-hybridized carbons (Fsp3) is 0. The molecule has 0 aliphatic heterocycles. The highest BCUT2D eigenvalue weighted by atomic mass is 15.3. The van der Waals surface area contributed by atoms with Gasteiger partial charge in [-0.2, -0.15) is 5.10 Å². The predicted octanol–water partition coefficient (Wildman–Crippen LogP) is 1.25. The van der Waals surface area contributed by atoms with Crippen LogP contribution in [0.15, 0.2) is 36.9 Å². The molecule has 13 heavy (non-hydrogen) atoms. The number of benzene rings is 1. The molecule has 0 bridgehead atoms. The van der Waals surface area contributed by atoms with Crippen molar-refractivity contribution in [3.8, 4) is 18.0 Å². The molecular weight excluding hydrogens is 162 g/mol. The van der Waals surface area contributed by atoms with Crippen molar-refractivity contribution in [1.29, 1.82) is 0 Å². The normalized spacial score (nSPS) is 9.46. The molecule has 0 fully saturated rings. The monoisotopic (exact) mass is 169 g/mol. The van der Waals surface area contributed by atoms with Gasteiger partial charge in [0.25, 0.3) is 0 Å². The Hall–Kier alpha value is -2.08. The van der Waals surface area contributed by atoms with E-state index in [1.807, 2.05) is 24.3 Å². The lowest BCUT2D eigenvalue weighted by Crippen LogP contribution is -1.93. The summed E-state index contributed by atoms with van der Waals surface area (Å²) in [6.07, 6.45) is 8.40. The van der Waals surface area contributed by atoms with Crippen LogP contribution in [0.3, 0.4) is 0 Å². The SMILES string of the molecule is C#Cc1cccc(-n2cncn2)c1. The molecule has 0 unspecified atom stereocenters. The van der Waals surface area contributed by atoms with Gasteiger partial charge < -0.3 is 0 Å². The molecule has 0 aliphatic rings. The third-order valence-electron chi connectivity index (χ3n) is 1.70. The van der Waals surface area contributed by atoms with Gasteiger partial charge >= 0.3 is 0 Å². The van der Waals surface area contributed by atoms with Crippen LogP contribution in [0, 0.1) is 12.3 Å². The molecule has 3 heteroatoms. The second kappa shape index (κ2) is 3.11. The Morgan fingerprint density at radius 2 is 2.31 bits per heavy atom. The molecule has 0 aliphatic carbocycles. The second-order valence-electron chi connectivity index (χ2n) is 2.53. The Morgan fingerprint density at radius 3 is 3.00 bits per heavy atom. The summed E-state index contributed by atoms with van der Waals surface area (Å²) >= 11 is 0. The maximum absolute atomic E-state index is 5.28. The Kier molecular flexibility index (Phi) is 1.81. The Labute approximate surface area is 76.0 Å². The molecule has 2 rings (SSSR count). The fourth-order valence-corrected chi connectivity index (χ4v) is 1.08. The minimum absolute atomic E-state index is 0.841. The van der Waals surface area contributed by atoms with Crippen molar-refractivity contribution in [3.05, 3.63) is 42.5 Å². The van der Waals surface area contributed by atoms with Gasteiger partial charge in [-0.15, -0.1) is 6.42 Å². The molecule has 1 heterocycles. The van der Waals surface area contributed by atoms with Gasteiger partial charge in [0.2, 0.25) is 0 Å². The maximum atomic E-state index is 5.28. The van der Waals surface area contributed by atoms with E-state index in [2.05, 4.69) is 16.0 Å². The smallest absolute Gasteiger partial charge is 0.138 e. The van der Waals surface area contributed by atoms with Gasteiger partial charge in [-0.25, -0.2) is 9.67 Å². The average molecular weight is 169 g/mol. The lowest BCUT2D eigenvalue weighted by molar-refractivity contribution is 0.878. The summed E-state index contributed by atoms with van der Waals surface area (Å²) in [5.74, 6) is 2.57. The zero-order valence-corrected chi connectivity index (χ0v) is 6.88. The van der Waals surface area contributed by atoms with Crippen molar-refractivity contribution in [3.63, 3.8) is 0 Å². The lowest BCUT2D eigenvalue weighted by atomic mass is 10.2. The third-order valence-corrected chi connectivity index (χ3v) is 1.70. The van der Waals surface area contributed by atoms with Crippen LogP contribution in [0.2, 0.25) is 0 Å². The zero-order chi connectivity index (χ0) is 9.10. The summed E-state index contributed by atoms with van der Waals surface area (Å²) in [5.41, 5.74) is 1.76. The van der Waals surface area contributed by atoms with Gasteiger partial charge in [0.05, 0.1) is 5.69 Å². The standard InChI is InChI=1S/C10H7N3/c1-2-9-4-3-5-10(6-9)13-8-11-7-12-13/h1,3-8H. The highest BCUT2D eigenvalue weighted by Gasteiger charge is 1.95. The van der Waals surface area contributed by atoms with E-state index < -0.39 is 0 Å². The van der Waals surface area contributed by atoms with Crippen molar-refractivity contribution in [2.75, 3.05) is 0 Å². The summed E-state index contributed by atoms with van der Waals surface area (Å²) in [7, 11) is 0. The van der Waals surface area contributed by atoms with Crippen LogP contribution in [-0.2, 0) is 0 Å². The number of rotatable bonds is 1. The van der Waals surface area contributed by atoms with E-state index in [1.54, 1.807) is 11.0 Å². The summed E-state index contributed by atoms with van der Waals surface area (Å²) in [4.78, 5) is 3.85. The predicted molar refractivity (Wildman–Crippen MR) is 49.3 cm³/mol. The van der Waals surface area contributed by atoms with Crippen LogP contribution in [0.4, 0.5) is 0 Å². The van der Waals surface area contributed by atoms with Crippen molar-refractivity contribution in [1.82, 2.24) is 14.8 Å². The van der Waals surface area contributed by atoms with Gasteiger partial charge in [-0.3, -0.25) is 0 Å². The molecule has 0 radical (unpaired) electrons. The molecule has 0 saturated heterocycles. The van der Waals surface area contributed by atoms with Crippen LogP contribution in [0.1, 0.15) is 5.56 Å². The van der Waals surface area contributed by atoms with Gasteiger partial charge in [-0.1, -0.05) is 12.0 Å². The summed E-state index contributed by atoms with van der Waals surface area (Å²) < 4.78 is 1.67. The second-order valence-corrected chi connectivity index (χ2v) is 2.53. The molecule has 0 N–H and O–H groups in total. The van der Waals surface area contributed by atoms with Crippen molar-refractivity contribution in [2.24, 2.45) is 0 Å². The van der Waals surface area contributed by atoms with E-state index in [1.165, 1.54) is 6.33 Å². The third kappa shape index (κ3) is 1.42. The molecule has 1 aromatic carbocycles. The van der Waals surface area contributed by atoms with Crippen LogP contribution in [0.5, 0.6) is 0 Å². The van der Waals surface area contributed by atoms with E-state index in [0.717, 1.165) is 11.3 Å². The Bertz CT molecular complexity index is 437. The average Bonchev–Trinajstić information content (AvgIpc) is 2.71. The molecule has 2 aromatic rings. The summed E-state index contributed by atoms with van der Waals surface area (Å²) in [6, 6.07) is 7.58. The number of aromatic nitrogens is 3. The van der Waals surface area contributed by atoms with E-state index in [9.17, 15) is 0 Å². The molecular formula is C10H7N3. The summed E-state index contributed by atoms with van der Waals surface area (Å²) in [6.45, 7) is 0. The first kappa shape index (κ1) is 7.56. The van der Waals surface area contributed by atoms with Gasteiger partial charge in [0, 0.05) is 5.56 Å². The molecule has 1 aromatic heterocycles. The van der Waals surface area contributed by atoms with Crippen LogP contribution in [-0.4, -0.2) is 14.8 Å². The topological polar surface area (TPSA) is 30.7 Å². The highest BCUT2D eigenvalue weighted by molar-refractivity contribution is 5.41. The van der Waals surface area contributed by atoms with Crippen LogP contribution < -0.4 is 0 Å². The largest absolute Gasteiger partial charge is 0.223 e. The quantitative estimate of drug-likeness (QED) is 0.601. The first-order valence-corrected chi connectivity index (χ1v) is 3.82. The van der Waals surface area contributed by atoms with E-state index >= 15 is 0 Å². The summed E-state index contributed by atoms with van der Waals surface area (Å²) in [5, 5.41) is 4.00. The number of nitrogens with zero attached hydrogens (tertiary/aromatic N) is 3. The van der Waals surface area contributed by atoms with Crippen LogP contribution >= 0.6 is 0 Å². The Balaban J connectivity index is 2.49. The van der Waals surface area contributed by atoms with Crippen molar-refractivity contribution < 1.29 is 0 Å². The van der Waals surface area contributed by atoms with Gasteiger partial charge in [0.1, 0.15) is 12.7 Å². The number of hydrogen-bond donors (Lipinski definition) is 0. The van der Waals surface area contributed by atoms with E-state index in [4.69, 9.17) is 6.42 Å². The number of hydrogen-bond acceptors (Lipinski definition) is 2. The maximum Gasteiger partial charge on any atom is 0.138 e. The molecule has 62 valence electrons. The Morgan fingerprint density at radius 1 is 1.38 bits per heavy atom. The molecule has 0 atom stereocenters. The van der Waals surface area contributed by atoms with Gasteiger partial charge in [-0.05, 0) is 18.2 Å². The van der Waals surface area contributed by atoms with E-state index in [0.29, 0.717) is 0 Å².